The molecule has 0 fully saturated rings. The van der Waals surface area contributed by atoms with E-state index in [1.54, 1.807) is 23.5 Å². The average Bonchev–Trinajstić information content (AvgIpc) is 2.68. The number of carbonyl (C=O) groups excluding carboxylic acids is 1. The molecule has 3 rings (SSSR count). The van der Waals surface area contributed by atoms with E-state index in [0.29, 0.717) is 0 Å². The summed E-state index contributed by atoms with van der Waals surface area (Å²) in [4.78, 5) is 15.9. The molecule has 2 nitrogen and oxygen atoms in total. The highest BCUT2D eigenvalue weighted by atomic mass is 32.2. The third-order valence-electron chi connectivity index (χ3n) is 3.49. The number of carbonyl (C=O) groups is 1. The Labute approximate surface area is 162 Å². The summed E-state index contributed by atoms with van der Waals surface area (Å²) in [7, 11) is 0. The van der Waals surface area contributed by atoms with Gasteiger partial charge in [-0.05, 0) is 48.0 Å². The van der Waals surface area contributed by atoms with E-state index in [0.717, 1.165) is 10.5 Å². The average molecular weight is 379 g/mol. The van der Waals surface area contributed by atoms with Crippen LogP contribution in [0.5, 0.6) is 0 Å². The fourth-order valence-corrected chi connectivity index (χ4v) is 4.08. The van der Waals surface area contributed by atoms with Crippen LogP contribution in [0.25, 0.3) is 0 Å². The van der Waals surface area contributed by atoms with Gasteiger partial charge < -0.3 is 4.74 Å². The molecule has 3 aromatic rings. The van der Waals surface area contributed by atoms with Gasteiger partial charge in [-0.1, -0.05) is 66.5 Å². The third-order valence-corrected chi connectivity index (χ3v) is 5.49. The highest BCUT2D eigenvalue weighted by molar-refractivity contribution is 8.00. The first-order valence-corrected chi connectivity index (χ1v) is 9.75. The molecule has 0 saturated carbocycles. The Hall–Kier alpha value is -2.43. The van der Waals surface area contributed by atoms with Gasteiger partial charge in [0.15, 0.2) is 0 Å². The third kappa shape index (κ3) is 5.55. The standard InChI is InChI=1S/C22H18O2S2/c1-2-22(23)24-16-17-11-13-19(14-12-17)26-21-10-6-9-20(15-21)25-18-7-4-3-5-8-18/h2-15H,1,16H2. The summed E-state index contributed by atoms with van der Waals surface area (Å²) in [5, 5.41) is 0. The van der Waals surface area contributed by atoms with Crippen LogP contribution in [0.2, 0.25) is 0 Å². The van der Waals surface area contributed by atoms with Gasteiger partial charge in [0.1, 0.15) is 6.61 Å². The molecule has 0 aliphatic carbocycles. The lowest BCUT2D eigenvalue weighted by atomic mass is 10.2. The van der Waals surface area contributed by atoms with Crippen LogP contribution in [0.3, 0.4) is 0 Å². The zero-order chi connectivity index (χ0) is 18.2. The van der Waals surface area contributed by atoms with Crippen molar-refractivity contribution in [1.29, 1.82) is 0 Å². The lowest BCUT2D eigenvalue weighted by Gasteiger charge is -2.07. The maximum Gasteiger partial charge on any atom is 0.330 e. The quantitative estimate of drug-likeness (QED) is 0.360. The van der Waals surface area contributed by atoms with Crippen molar-refractivity contribution in [2.45, 2.75) is 26.2 Å². The number of hydrogen-bond donors (Lipinski definition) is 0. The zero-order valence-corrected chi connectivity index (χ0v) is 15.8. The molecule has 0 heterocycles. The van der Waals surface area contributed by atoms with Gasteiger partial charge in [-0.15, -0.1) is 0 Å². The van der Waals surface area contributed by atoms with Gasteiger partial charge in [0.2, 0.25) is 0 Å². The number of ether oxygens (including phenoxy) is 1. The fourth-order valence-electron chi connectivity index (χ4n) is 2.23. The second-order valence-electron chi connectivity index (χ2n) is 5.45. The molecule has 26 heavy (non-hydrogen) atoms. The molecule has 0 spiro atoms. The van der Waals surface area contributed by atoms with Crippen LogP contribution in [0.15, 0.2) is 111 Å². The van der Waals surface area contributed by atoms with Gasteiger partial charge >= 0.3 is 5.97 Å². The Bertz CT molecular complexity index is 874. The minimum absolute atomic E-state index is 0.263. The summed E-state index contributed by atoms with van der Waals surface area (Å²) >= 11 is 3.47. The Morgan fingerprint density at radius 2 is 1.38 bits per heavy atom. The van der Waals surface area contributed by atoms with Gasteiger partial charge in [-0.25, -0.2) is 4.79 Å². The molecule has 0 unspecified atom stereocenters. The molecule has 0 aromatic heterocycles. The zero-order valence-electron chi connectivity index (χ0n) is 14.1. The Morgan fingerprint density at radius 3 is 2.00 bits per heavy atom. The summed E-state index contributed by atoms with van der Waals surface area (Å²) in [6, 6.07) is 26.9. The smallest absolute Gasteiger partial charge is 0.330 e. The van der Waals surface area contributed by atoms with Crippen LogP contribution < -0.4 is 0 Å². The molecule has 0 aliphatic heterocycles. The topological polar surface area (TPSA) is 26.3 Å². The van der Waals surface area contributed by atoms with Crippen LogP contribution in [0, 0.1) is 0 Å². The lowest BCUT2D eigenvalue weighted by molar-refractivity contribution is -0.138. The summed E-state index contributed by atoms with van der Waals surface area (Å²) in [6.07, 6.45) is 1.17. The van der Waals surface area contributed by atoms with Crippen molar-refractivity contribution in [2.75, 3.05) is 0 Å². The lowest BCUT2D eigenvalue weighted by Crippen LogP contribution is -1.99. The van der Waals surface area contributed by atoms with E-state index in [-0.39, 0.29) is 6.61 Å². The molecule has 0 radical (unpaired) electrons. The van der Waals surface area contributed by atoms with Crippen LogP contribution in [0.1, 0.15) is 5.56 Å². The number of benzene rings is 3. The first kappa shape index (κ1) is 18.4. The molecule has 0 amide bonds. The minimum atomic E-state index is -0.406. The predicted molar refractivity (Wildman–Crippen MR) is 108 cm³/mol. The van der Waals surface area contributed by atoms with E-state index < -0.39 is 5.97 Å². The van der Waals surface area contributed by atoms with Gasteiger partial charge in [0.25, 0.3) is 0 Å². The van der Waals surface area contributed by atoms with Crippen molar-refractivity contribution >= 4 is 29.5 Å². The second-order valence-corrected chi connectivity index (χ2v) is 7.74. The normalized spacial score (nSPS) is 10.3. The largest absolute Gasteiger partial charge is 0.458 e. The molecule has 0 bridgehead atoms. The van der Waals surface area contributed by atoms with E-state index >= 15 is 0 Å². The van der Waals surface area contributed by atoms with Crippen molar-refractivity contribution < 1.29 is 9.53 Å². The molecule has 0 aliphatic rings. The second kappa shape index (κ2) is 9.32. The minimum Gasteiger partial charge on any atom is -0.458 e. The first-order chi connectivity index (χ1) is 12.7. The Kier molecular flexibility index (Phi) is 6.58. The predicted octanol–water partition coefficient (Wildman–Crippen LogP) is 6.22. The molecule has 0 saturated heterocycles. The van der Waals surface area contributed by atoms with E-state index in [9.17, 15) is 4.79 Å². The number of esters is 1. The van der Waals surface area contributed by atoms with Gasteiger partial charge in [-0.2, -0.15) is 0 Å². The molecular formula is C22H18O2S2. The number of hydrogen-bond acceptors (Lipinski definition) is 4. The molecular weight excluding hydrogens is 360 g/mol. The van der Waals surface area contributed by atoms with Crippen LogP contribution in [-0.2, 0) is 16.1 Å². The highest BCUT2D eigenvalue weighted by Crippen LogP contribution is 2.33. The summed E-state index contributed by atoms with van der Waals surface area (Å²) < 4.78 is 5.04. The maximum absolute atomic E-state index is 11.1. The van der Waals surface area contributed by atoms with E-state index in [1.165, 1.54) is 20.8 Å². The van der Waals surface area contributed by atoms with Crippen LogP contribution >= 0.6 is 23.5 Å². The van der Waals surface area contributed by atoms with Gasteiger partial charge in [0.05, 0.1) is 0 Å². The monoisotopic (exact) mass is 378 g/mol. The summed E-state index contributed by atoms with van der Waals surface area (Å²) in [5.41, 5.74) is 0.956. The van der Waals surface area contributed by atoms with E-state index in [1.807, 2.05) is 30.3 Å². The van der Waals surface area contributed by atoms with Crippen molar-refractivity contribution in [3.05, 3.63) is 97.1 Å². The van der Waals surface area contributed by atoms with Crippen LogP contribution in [0.4, 0.5) is 0 Å². The number of rotatable bonds is 7. The maximum atomic E-state index is 11.1. The van der Waals surface area contributed by atoms with E-state index in [4.69, 9.17) is 4.74 Å². The van der Waals surface area contributed by atoms with Crippen molar-refractivity contribution in [3.8, 4) is 0 Å². The fraction of sp³-hybridized carbons (Fsp3) is 0.0455. The highest BCUT2D eigenvalue weighted by Gasteiger charge is 2.03. The van der Waals surface area contributed by atoms with Crippen molar-refractivity contribution in [1.82, 2.24) is 0 Å². The Morgan fingerprint density at radius 1 is 0.808 bits per heavy atom. The molecule has 3 aromatic carbocycles. The first-order valence-electron chi connectivity index (χ1n) is 8.12. The molecule has 0 atom stereocenters. The van der Waals surface area contributed by atoms with Crippen molar-refractivity contribution in [2.24, 2.45) is 0 Å². The Balaban J connectivity index is 1.62. The summed E-state index contributed by atoms with van der Waals surface area (Å²) in [6.45, 7) is 3.65. The molecule has 130 valence electrons. The SMILES string of the molecule is C=CC(=O)OCc1ccc(Sc2cccc(Sc3ccccc3)c2)cc1. The van der Waals surface area contributed by atoms with Crippen LogP contribution in [-0.4, -0.2) is 5.97 Å². The van der Waals surface area contributed by atoms with E-state index in [2.05, 4.69) is 55.1 Å². The van der Waals surface area contributed by atoms with Gasteiger partial charge in [-0.3, -0.25) is 0 Å². The van der Waals surface area contributed by atoms with Gasteiger partial charge in [0, 0.05) is 25.7 Å². The summed E-state index contributed by atoms with van der Waals surface area (Å²) in [5.74, 6) is -0.406. The van der Waals surface area contributed by atoms with Crippen molar-refractivity contribution in [3.63, 3.8) is 0 Å². The molecule has 4 heteroatoms. The molecule has 0 N–H and O–H groups in total.